The zero-order valence-electron chi connectivity index (χ0n) is 17.7. The molecule has 2 N–H and O–H groups in total. The molecule has 0 radical (unpaired) electrons. The molecule has 2 heterocycles. The van der Waals surface area contributed by atoms with Crippen molar-refractivity contribution >= 4 is 45.4 Å². The van der Waals surface area contributed by atoms with Crippen molar-refractivity contribution in [2.24, 2.45) is 0 Å². The topological polar surface area (TPSA) is 71.1 Å². The molecule has 1 aromatic carbocycles. The summed E-state index contributed by atoms with van der Waals surface area (Å²) >= 11 is 6.96. The first kappa shape index (κ1) is 25.6. The van der Waals surface area contributed by atoms with Gasteiger partial charge in [-0.05, 0) is 43.2 Å². The fourth-order valence-corrected chi connectivity index (χ4v) is 4.13. The van der Waals surface area contributed by atoms with Crippen LogP contribution in [0.2, 0.25) is 5.15 Å². The third-order valence-corrected chi connectivity index (χ3v) is 6.11. The predicted octanol–water partition coefficient (Wildman–Crippen LogP) is 6.61. The highest BCUT2D eigenvalue weighted by atomic mass is 35.5. The summed E-state index contributed by atoms with van der Waals surface area (Å²) < 4.78 is 66.7. The minimum atomic E-state index is -5.44. The molecule has 0 aliphatic heterocycles. The van der Waals surface area contributed by atoms with Gasteiger partial charge in [-0.25, -0.2) is 13.8 Å². The van der Waals surface area contributed by atoms with Crippen LogP contribution < -0.4 is 10.6 Å². The van der Waals surface area contributed by atoms with Gasteiger partial charge in [-0.2, -0.15) is 13.2 Å². The normalized spacial score (nSPS) is 13.3. The fraction of sp³-hybridized carbons (Fsp3) is 0.227. The third-order valence-electron chi connectivity index (χ3n) is 4.96. The van der Waals surface area contributed by atoms with Crippen molar-refractivity contribution in [2.45, 2.75) is 25.7 Å². The number of nitrogens with zero attached hydrogens (tertiary/aromatic N) is 1. The van der Waals surface area contributed by atoms with Gasteiger partial charge < -0.3 is 10.6 Å². The lowest BCUT2D eigenvalue weighted by molar-refractivity contribution is -0.240. The maximum atomic E-state index is 14.4. The molecule has 1 unspecified atom stereocenters. The molecule has 5 nitrogen and oxygen atoms in total. The summed E-state index contributed by atoms with van der Waals surface area (Å²) in [5, 5.41) is 6.98. The van der Waals surface area contributed by atoms with Gasteiger partial charge in [-0.1, -0.05) is 23.7 Å². The summed E-state index contributed by atoms with van der Waals surface area (Å²) in [5.74, 6) is -1.13. The van der Waals surface area contributed by atoms with Crippen molar-refractivity contribution in [1.29, 1.82) is 0 Å². The number of halogens is 6. The van der Waals surface area contributed by atoms with Crippen LogP contribution in [0.4, 0.5) is 32.6 Å². The number of nitrogens with one attached hydrogen (secondary N) is 2. The molecule has 12 heteroatoms. The second-order valence-corrected chi connectivity index (χ2v) is 8.64. The van der Waals surface area contributed by atoms with Crippen LogP contribution in [0.15, 0.2) is 41.9 Å². The van der Waals surface area contributed by atoms with Crippen molar-refractivity contribution in [3.63, 3.8) is 0 Å². The lowest BCUT2D eigenvalue weighted by Gasteiger charge is -2.27. The molecule has 0 aliphatic rings. The number of carbonyl (C=O) groups is 2. The Bertz CT molecular complexity index is 1220. The van der Waals surface area contributed by atoms with Crippen LogP contribution >= 0.6 is 22.9 Å². The lowest BCUT2D eigenvalue weighted by Crippen LogP contribution is -2.40. The Hall–Kier alpha value is -3.05. The maximum Gasteiger partial charge on any atom is 0.429 e. The zero-order chi connectivity index (χ0) is 25.3. The molecule has 2 aromatic heterocycles. The van der Waals surface area contributed by atoms with Crippen molar-refractivity contribution in [3.05, 3.63) is 74.9 Å². The molecule has 1 atom stereocenters. The van der Waals surface area contributed by atoms with Gasteiger partial charge >= 0.3 is 6.18 Å². The first-order chi connectivity index (χ1) is 15.9. The van der Waals surface area contributed by atoms with E-state index in [1.165, 1.54) is 37.6 Å². The van der Waals surface area contributed by atoms with Crippen molar-refractivity contribution in [2.75, 3.05) is 17.3 Å². The number of carbonyl (C=O) groups excluding carboxylic acids is 2. The average molecular weight is 518 g/mol. The van der Waals surface area contributed by atoms with E-state index < -0.39 is 35.9 Å². The fourth-order valence-electron chi connectivity index (χ4n) is 3.15. The number of aryl methyl sites for hydroxylation is 2. The Morgan fingerprint density at radius 2 is 1.71 bits per heavy atom. The summed E-state index contributed by atoms with van der Waals surface area (Å²) in [5.41, 5.74) is -4.31. The highest BCUT2D eigenvalue weighted by Gasteiger charge is 2.57. The summed E-state index contributed by atoms with van der Waals surface area (Å²) in [6.45, 7) is 0.477. The second kappa shape index (κ2) is 9.67. The highest BCUT2D eigenvalue weighted by molar-refractivity contribution is 7.14. The summed E-state index contributed by atoms with van der Waals surface area (Å²) in [6, 6.07) is 6.13. The van der Waals surface area contributed by atoms with Gasteiger partial charge in [0, 0.05) is 22.8 Å². The Balaban J connectivity index is 1.78. The van der Waals surface area contributed by atoms with Crippen LogP contribution in [0, 0.1) is 13.8 Å². The van der Waals surface area contributed by atoms with Crippen molar-refractivity contribution in [3.8, 4) is 0 Å². The lowest BCUT2D eigenvalue weighted by atomic mass is 9.92. The van der Waals surface area contributed by atoms with Gasteiger partial charge in [-0.15, -0.1) is 11.3 Å². The number of hydrogen-bond donors (Lipinski definition) is 2. The first-order valence-corrected chi connectivity index (χ1v) is 10.9. The van der Waals surface area contributed by atoms with E-state index in [-0.39, 0.29) is 33.1 Å². The Morgan fingerprint density at radius 1 is 1.06 bits per heavy atom. The van der Waals surface area contributed by atoms with Crippen LogP contribution in [0.25, 0.3) is 0 Å². The van der Waals surface area contributed by atoms with Gasteiger partial charge in [0.15, 0.2) is 0 Å². The minimum absolute atomic E-state index is 0.0134. The van der Waals surface area contributed by atoms with E-state index in [9.17, 15) is 31.5 Å². The van der Waals surface area contributed by atoms with E-state index in [1.807, 2.05) is 0 Å². The number of hydrogen-bond acceptors (Lipinski definition) is 4. The summed E-state index contributed by atoms with van der Waals surface area (Å²) in [7, 11) is 0. The van der Waals surface area contributed by atoms with E-state index in [0.717, 1.165) is 23.5 Å². The van der Waals surface area contributed by atoms with Crippen LogP contribution in [-0.4, -0.2) is 29.6 Å². The molecule has 3 rings (SSSR count). The minimum Gasteiger partial charge on any atom is -0.321 e. The Morgan fingerprint density at radius 3 is 2.26 bits per heavy atom. The van der Waals surface area contributed by atoms with Crippen molar-refractivity contribution in [1.82, 2.24) is 4.98 Å². The Labute approximate surface area is 200 Å². The third kappa shape index (κ3) is 5.05. The predicted molar refractivity (Wildman–Crippen MR) is 120 cm³/mol. The monoisotopic (exact) mass is 517 g/mol. The van der Waals surface area contributed by atoms with Crippen molar-refractivity contribution < 1.29 is 31.5 Å². The first-order valence-electron chi connectivity index (χ1n) is 9.62. The van der Waals surface area contributed by atoms with E-state index in [0.29, 0.717) is 5.00 Å². The number of benzene rings is 1. The van der Waals surface area contributed by atoms with Crippen LogP contribution in [0.5, 0.6) is 0 Å². The summed E-state index contributed by atoms with van der Waals surface area (Å²) in [4.78, 5) is 28.8. The highest BCUT2D eigenvalue weighted by Crippen LogP contribution is 2.44. The number of anilines is 2. The van der Waals surface area contributed by atoms with Gasteiger partial charge in [-0.3, -0.25) is 9.59 Å². The summed E-state index contributed by atoms with van der Waals surface area (Å²) in [6.07, 6.45) is -4.01. The van der Waals surface area contributed by atoms with E-state index >= 15 is 0 Å². The van der Waals surface area contributed by atoms with E-state index in [4.69, 9.17) is 11.6 Å². The molecule has 34 heavy (non-hydrogen) atoms. The molecule has 0 fully saturated rings. The van der Waals surface area contributed by atoms with Crippen LogP contribution in [0.1, 0.15) is 37.4 Å². The number of aromatic nitrogens is 1. The quantitative estimate of drug-likeness (QED) is 0.285. The zero-order valence-corrected chi connectivity index (χ0v) is 19.3. The molecular weight excluding hydrogens is 501 g/mol. The molecule has 3 aromatic rings. The van der Waals surface area contributed by atoms with Crippen LogP contribution in [-0.2, 0) is 5.67 Å². The van der Waals surface area contributed by atoms with Crippen LogP contribution in [0.3, 0.4) is 0 Å². The molecule has 0 saturated heterocycles. The van der Waals surface area contributed by atoms with Gasteiger partial charge in [0.2, 0.25) is 0 Å². The molecule has 0 spiro atoms. The maximum absolute atomic E-state index is 14.4. The van der Waals surface area contributed by atoms with Gasteiger partial charge in [0.05, 0.1) is 16.1 Å². The SMILES string of the molecule is Cc1cc(C(F)(CF)C(F)(F)F)cc(C)c1NC(=O)c1csc(NC(=O)c2cccnc2Cl)c1. The smallest absolute Gasteiger partial charge is 0.321 e. The number of rotatable bonds is 6. The molecule has 0 aliphatic carbocycles. The number of pyridine rings is 1. The molecule has 0 saturated carbocycles. The molecule has 180 valence electrons. The largest absolute Gasteiger partial charge is 0.429 e. The number of thiophene rings is 1. The van der Waals surface area contributed by atoms with Gasteiger partial charge in [0.25, 0.3) is 17.5 Å². The average Bonchev–Trinajstić information content (AvgIpc) is 3.23. The molecular formula is C22H17ClF5N3O2S. The second-order valence-electron chi connectivity index (χ2n) is 7.37. The molecule has 0 bridgehead atoms. The standard InChI is InChI=1S/C22H17ClF5N3O2S/c1-11-6-14(21(25,10-24)22(26,27)28)7-12(2)17(11)31-19(32)13-8-16(34-9-13)30-20(33)15-4-3-5-29-18(15)23/h3-9H,10H2,1-2H3,(H,30,33)(H,31,32). The van der Waals surface area contributed by atoms with E-state index in [1.54, 1.807) is 6.07 Å². The van der Waals surface area contributed by atoms with E-state index in [2.05, 4.69) is 15.6 Å². The number of alkyl halides is 5. The number of amides is 2. The Kier molecular flexibility index (Phi) is 7.27. The molecule has 2 amide bonds. The van der Waals surface area contributed by atoms with Gasteiger partial charge in [0.1, 0.15) is 11.8 Å².